The Morgan fingerprint density at radius 2 is 1.79 bits per heavy atom. The summed E-state index contributed by atoms with van der Waals surface area (Å²) in [5.41, 5.74) is -0.127. The highest BCUT2D eigenvalue weighted by atomic mass is 16.3. The number of aromatic nitrogens is 4. The molecule has 28 heavy (non-hydrogen) atoms. The summed E-state index contributed by atoms with van der Waals surface area (Å²) in [4.78, 5) is 14.5. The number of fused-ring (bicyclic) bond motifs is 7. The maximum Gasteiger partial charge on any atom is 0.162 e. The van der Waals surface area contributed by atoms with Crippen LogP contribution < -0.4 is 0 Å². The van der Waals surface area contributed by atoms with Gasteiger partial charge in [0, 0.05) is 5.92 Å². The molecule has 0 aromatic carbocycles. The molecule has 152 valence electrons. The minimum Gasteiger partial charge on any atom is -0.390 e. The minimum absolute atomic E-state index is 0.153. The van der Waals surface area contributed by atoms with Crippen LogP contribution in [0.4, 0.5) is 0 Å². The number of rotatable bonds is 3. The third kappa shape index (κ3) is 2.36. The standard InChI is InChI=1S/C22H32N4O2/c1-21-8-6-13-14-7-9-22(28)10-19(22)16(14)3-2-15(13)17(21)4-5-18(21)20(27)11-26-24-12-23-25-26/h12-19,28H,2-11H2,1H3/t13-,14-,15-,16-,17+,18-,19?,21+,22+/m1/s1. The summed E-state index contributed by atoms with van der Waals surface area (Å²) in [5, 5.41) is 22.3. The Bertz CT molecular complexity index is 782. The molecule has 0 saturated heterocycles. The maximum atomic E-state index is 13.1. The molecule has 6 nitrogen and oxygen atoms in total. The third-order valence-electron chi connectivity index (χ3n) is 10.0. The molecule has 1 aromatic rings. The zero-order valence-corrected chi connectivity index (χ0v) is 16.8. The smallest absolute Gasteiger partial charge is 0.162 e. The largest absolute Gasteiger partial charge is 0.390 e. The lowest BCUT2D eigenvalue weighted by Crippen LogP contribution is -2.50. The number of ketones is 1. The molecular weight excluding hydrogens is 352 g/mol. The first kappa shape index (κ1) is 17.5. The summed E-state index contributed by atoms with van der Waals surface area (Å²) in [6, 6.07) is 0. The molecule has 1 aromatic heterocycles. The predicted molar refractivity (Wildman–Crippen MR) is 102 cm³/mol. The summed E-state index contributed by atoms with van der Waals surface area (Å²) in [7, 11) is 0. The Balaban J connectivity index is 1.21. The molecule has 5 aliphatic rings. The first-order valence-electron chi connectivity index (χ1n) is 11.5. The Morgan fingerprint density at radius 3 is 2.54 bits per heavy atom. The van der Waals surface area contributed by atoms with E-state index < -0.39 is 0 Å². The van der Waals surface area contributed by atoms with Crippen molar-refractivity contribution in [2.75, 3.05) is 0 Å². The number of tetrazole rings is 1. The van der Waals surface area contributed by atoms with Gasteiger partial charge in [0.1, 0.15) is 6.54 Å². The van der Waals surface area contributed by atoms with Gasteiger partial charge in [0.2, 0.25) is 0 Å². The van der Waals surface area contributed by atoms with Crippen LogP contribution in [0.1, 0.15) is 64.7 Å². The normalized spacial score (nSPS) is 51.6. The zero-order chi connectivity index (χ0) is 19.1. The summed E-state index contributed by atoms with van der Waals surface area (Å²) in [5.74, 6) is 5.02. The molecule has 6 heteroatoms. The van der Waals surface area contributed by atoms with E-state index in [2.05, 4.69) is 22.3 Å². The number of Topliss-reactive ketones (excluding diaryl/α,β-unsaturated/α-hetero) is 1. The van der Waals surface area contributed by atoms with E-state index in [1.54, 1.807) is 0 Å². The number of hydrogen-bond acceptors (Lipinski definition) is 5. The van der Waals surface area contributed by atoms with Crippen LogP contribution in [0.3, 0.4) is 0 Å². The highest BCUT2D eigenvalue weighted by Crippen LogP contribution is 2.68. The van der Waals surface area contributed by atoms with Crippen LogP contribution in [0.15, 0.2) is 6.33 Å². The summed E-state index contributed by atoms with van der Waals surface area (Å²) in [6.07, 6.45) is 12.1. The molecule has 5 fully saturated rings. The van der Waals surface area contributed by atoms with Crippen LogP contribution in [-0.2, 0) is 11.3 Å². The van der Waals surface area contributed by atoms with Crippen molar-refractivity contribution in [2.45, 2.75) is 76.9 Å². The molecular formula is C22H32N4O2. The van der Waals surface area contributed by atoms with Gasteiger partial charge in [0.05, 0.1) is 5.60 Å². The molecule has 0 amide bonds. The van der Waals surface area contributed by atoms with Crippen LogP contribution in [0, 0.1) is 46.8 Å². The van der Waals surface area contributed by atoms with Gasteiger partial charge >= 0.3 is 0 Å². The highest BCUT2D eigenvalue weighted by Gasteiger charge is 2.65. The van der Waals surface area contributed by atoms with Crippen molar-refractivity contribution in [3.63, 3.8) is 0 Å². The van der Waals surface area contributed by atoms with E-state index in [-0.39, 0.29) is 23.5 Å². The van der Waals surface area contributed by atoms with Crippen LogP contribution in [0.5, 0.6) is 0 Å². The van der Waals surface area contributed by atoms with Gasteiger partial charge in [-0.15, -0.1) is 10.2 Å². The Labute approximate surface area is 166 Å². The second kappa shape index (κ2) is 5.87. The van der Waals surface area contributed by atoms with Crippen LogP contribution in [-0.4, -0.2) is 36.7 Å². The quantitative estimate of drug-likeness (QED) is 0.867. The number of carbonyl (C=O) groups is 1. The van der Waals surface area contributed by atoms with Crippen molar-refractivity contribution < 1.29 is 9.90 Å². The van der Waals surface area contributed by atoms with Gasteiger partial charge in [-0.3, -0.25) is 4.79 Å². The predicted octanol–water partition coefficient (Wildman–Crippen LogP) is 2.87. The molecule has 1 unspecified atom stereocenters. The van der Waals surface area contributed by atoms with E-state index in [1.807, 2.05) is 0 Å². The SMILES string of the molecule is C[C@]12CC[C@@H]3[C@H]4CC[C@]5(O)CC5[C@@H]4CC[C@H]3[C@@H]1CC[C@@H]2C(=O)Cn1ncnn1. The van der Waals surface area contributed by atoms with Crippen LogP contribution in [0.2, 0.25) is 0 Å². The molecule has 0 aliphatic heterocycles. The maximum absolute atomic E-state index is 13.1. The van der Waals surface area contributed by atoms with Gasteiger partial charge in [-0.05, 0) is 104 Å². The fourth-order valence-corrected chi connectivity index (χ4v) is 8.72. The lowest BCUT2D eigenvalue weighted by molar-refractivity contribution is -0.132. The summed E-state index contributed by atoms with van der Waals surface area (Å²) >= 11 is 0. The van der Waals surface area contributed by atoms with Crippen LogP contribution in [0.25, 0.3) is 0 Å². The average molecular weight is 385 g/mol. The van der Waals surface area contributed by atoms with Gasteiger partial charge in [-0.25, -0.2) is 0 Å². The first-order valence-corrected chi connectivity index (χ1v) is 11.5. The van der Waals surface area contributed by atoms with E-state index in [0.717, 1.165) is 42.9 Å². The second-order valence-electron chi connectivity index (χ2n) is 10.9. The molecule has 1 N–H and O–H groups in total. The Morgan fingerprint density at radius 1 is 1.04 bits per heavy atom. The molecule has 5 aliphatic carbocycles. The highest BCUT2D eigenvalue weighted by molar-refractivity contribution is 5.81. The van der Waals surface area contributed by atoms with Crippen molar-refractivity contribution in [3.05, 3.63) is 6.33 Å². The third-order valence-corrected chi connectivity index (χ3v) is 10.0. The monoisotopic (exact) mass is 384 g/mol. The summed E-state index contributed by atoms with van der Waals surface area (Å²) < 4.78 is 0. The average Bonchev–Trinajstić information content (AvgIpc) is 3.00. The first-order chi connectivity index (χ1) is 13.5. The van der Waals surface area contributed by atoms with Gasteiger partial charge in [-0.1, -0.05) is 6.92 Å². The van der Waals surface area contributed by atoms with E-state index in [1.165, 1.54) is 49.6 Å². The van der Waals surface area contributed by atoms with Crippen molar-refractivity contribution in [1.82, 2.24) is 20.2 Å². The molecule has 1 heterocycles. The molecule has 0 bridgehead atoms. The fourth-order valence-electron chi connectivity index (χ4n) is 8.72. The van der Waals surface area contributed by atoms with E-state index in [9.17, 15) is 9.90 Å². The molecule has 0 spiro atoms. The van der Waals surface area contributed by atoms with E-state index in [4.69, 9.17) is 0 Å². The summed E-state index contributed by atoms with van der Waals surface area (Å²) in [6.45, 7) is 2.68. The molecule has 6 rings (SSSR count). The van der Waals surface area contributed by atoms with Crippen LogP contribution >= 0.6 is 0 Å². The fraction of sp³-hybridized carbons (Fsp3) is 0.909. The number of aliphatic hydroxyl groups is 1. The van der Waals surface area contributed by atoms with Crippen molar-refractivity contribution >= 4 is 5.78 Å². The lowest BCUT2D eigenvalue weighted by Gasteiger charge is -2.56. The molecule has 5 saturated carbocycles. The number of carbonyl (C=O) groups excluding carboxylic acids is 1. The molecule has 0 radical (unpaired) electrons. The zero-order valence-electron chi connectivity index (χ0n) is 16.8. The van der Waals surface area contributed by atoms with Gasteiger partial charge in [-0.2, -0.15) is 4.80 Å². The van der Waals surface area contributed by atoms with E-state index in [0.29, 0.717) is 17.6 Å². The van der Waals surface area contributed by atoms with Crippen molar-refractivity contribution in [1.29, 1.82) is 0 Å². The van der Waals surface area contributed by atoms with Crippen molar-refractivity contribution in [2.24, 2.45) is 46.8 Å². The lowest BCUT2D eigenvalue weighted by atomic mass is 9.49. The minimum atomic E-state index is -0.280. The second-order valence-corrected chi connectivity index (χ2v) is 10.9. The Hall–Kier alpha value is -1.30. The van der Waals surface area contributed by atoms with Crippen molar-refractivity contribution in [3.8, 4) is 0 Å². The van der Waals surface area contributed by atoms with Gasteiger partial charge < -0.3 is 5.11 Å². The molecule has 9 atom stereocenters. The number of nitrogens with zero attached hydrogens (tertiary/aromatic N) is 4. The Kier molecular flexibility index (Phi) is 3.68. The van der Waals surface area contributed by atoms with Gasteiger partial charge in [0.15, 0.2) is 12.1 Å². The van der Waals surface area contributed by atoms with Gasteiger partial charge in [0.25, 0.3) is 0 Å². The van der Waals surface area contributed by atoms with E-state index >= 15 is 0 Å². The topological polar surface area (TPSA) is 80.9 Å². The number of hydrogen-bond donors (Lipinski definition) is 1.